The third-order valence-corrected chi connectivity index (χ3v) is 1.79. The van der Waals surface area contributed by atoms with Crippen molar-refractivity contribution >= 4 is 11.8 Å². The Balaban J connectivity index is 2.60. The number of carbonyl (C=O) groups is 2. The van der Waals surface area contributed by atoms with Crippen molar-refractivity contribution in [1.29, 1.82) is 0 Å². The number of aromatic nitrogens is 1. The zero-order valence-corrected chi connectivity index (χ0v) is 8.18. The number of nitrogens with one attached hydrogen (secondary N) is 1. The van der Waals surface area contributed by atoms with Gasteiger partial charge in [0.25, 0.3) is 5.91 Å². The van der Waals surface area contributed by atoms with Gasteiger partial charge in [-0.2, -0.15) is 4.39 Å². The van der Waals surface area contributed by atoms with Crippen LogP contribution in [0.1, 0.15) is 10.4 Å². The maximum atomic E-state index is 13.0. The highest BCUT2D eigenvalue weighted by molar-refractivity contribution is 5.94. The normalized spacial score (nSPS) is 11.9. The van der Waals surface area contributed by atoms with Gasteiger partial charge < -0.3 is 16.2 Å². The van der Waals surface area contributed by atoms with Crippen LogP contribution >= 0.6 is 0 Å². The Morgan fingerprint density at radius 2 is 2.31 bits per heavy atom. The first kappa shape index (κ1) is 12.1. The molecule has 1 aromatic heterocycles. The first-order valence-corrected chi connectivity index (χ1v) is 4.38. The molecule has 4 N–H and O–H groups in total. The summed E-state index contributed by atoms with van der Waals surface area (Å²) in [4.78, 5) is 25.1. The largest absolute Gasteiger partial charge is 0.381 e. The lowest BCUT2D eigenvalue weighted by molar-refractivity contribution is -0.125. The molecule has 0 aromatic carbocycles. The molecule has 0 aliphatic rings. The Kier molecular flexibility index (Phi) is 3.90. The SMILES string of the molecule is NC(=O)C(O)CNC(=O)c1cccnc1F. The van der Waals surface area contributed by atoms with Gasteiger partial charge in [-0.3, -0.25) is 9.59 Å². The fourth-order valence-electron chi connectivity index (χ4n) is 0.941. The molecule has 86 valence electrons. The van der Waals surface area contributed by atoms with Crippen molar-refractivity contribution in [2.45, 2.75) is 6.10 Å². The second kappa shape index (κ2) is 5.17. The van der Waals surface area contributed by atoms with Crippen molar-refractivity contribution in [3.05, 3.63) is 29.8 Å². The summed E-state index contributed by atoms with van der Waals surface area (Å²) in [5.41, 5.74) is 4.50. The summed E-state index contributed by atoms with van der Waals surface area (Å²) < 4.78 is 13.0. The number of aliphatic hydroxyl groups is 1. The summed E-state index contributed by atoms with van der Waals surface area (Å²) >= 11 is 0. The van der Waals surface area contributed by atoms with E-state index < -0.39 is 23.9 Å². The van der Waals surface area contributed by atoms with E-state index in [0.29, 0.717) is 0 Å². The first-order valence-electron chi connectivity index (χ1n) is 4.38. The van der Waals surface area contributed by atoms with E-state index in [4.69, 9.17) is 10.8 Å². The number of hydrogen-bond acceptors (Lipinski definition) is 4. The van der Waals surface area contributed by atoms with Gasteiger partial charge in [0, 0.05) is 6.20 Å². The van der Waals surface area contributed by atoms with Gasteiger partial charge in [0.1, 0.15) is 6.10 Å². The Hall–Kier alpha value is -2.02. The summed E-state index contributed by atoms with van der Waals surface area (Å²) in [5, 5.41) is 11.1. The Bertz CT molecular complexity index is 411. The van der Waals surface area contributed by atoms with Crippen molar-refractivity contribution in [3.8, 4) is 0 Å². The maximum Gasteiger partial charge on any atom is 0.256 e. The predicted molar refractivity (Wildman–Crippen MR) is 51.7 cm³/mol. The number of halogens is 1. The number of amides is 2. The van der Waals surface area contributed by atoms with Crippen molar-refractivity contribution in [1.82, 2.24) is 10.3 Å². The number of rotatable bonds is 4. The van der Waals surface area contributed by atoms with Gasteiger partial charge >= 0.3 is 0 Å². The smallest absolute Gasteiger partial charge is 0.256 e. The van der Waals surface area contributed by atoms with Crippen molar-refractivity contribution in [2.75, 3.05) is 6.54 Å². The van der Waals surface area contributed by atoms with Crippen LogP contribution in [0.4, 0.5) is 4.39 Å². The average Bonchev–Trinajstić information content (AvgIpc) is 2.25. The number of carbonyl (C=O) groups excluding carboxylic acids is 2. The van der Waals surface area contributed by atoms with Crippen LogP contribution in [-0.2, 0) is 4.79 Å². The van der Waals surface area contributed by atoms with Gasteiger partial charge in [0.05, 0.1) is 12.1 Å². The highest BCUT2D eigenvalue weighted by Crippen LogP contribution is 2.02. The van der Waals surface area contributed by atoms with E-state index in [9.17, 15) is 14.0 Å². The lowest BCUT2D eigenvalue weighted by atomic mass is 10.2. The topological polar surface area (TPSA) is 105 Å². The molecule has 0 bridgehead atoms. The Labute approximate surface area is 90.3 Å². The van der Waals surface area contributed by atoms with Crippen LogP contribution < -0.4 is 11.1 Å². The van der Waals surface area contributed by atoms with Gasteiger partial charge in [0.2, 0.25) is 11.9 Å². The van der Waals surface area contributed by atoms with Crippen LogP contribution in [0, 0.1) is 5.95 Å². The molecule has 1 atom stereocenters. The van der Waals surface area contributed by atoms with E-state index in [0.717, 1.165) is 0 Å². The molecular weight excluding hydrogens is 217 g/mol. The molecule has 6 nitrogen and oxygen atoms in total. The molecule has 1 unspecified atom stereocenters. The van der Waals surface area contributed by atoms with Crippen molar-refractivity contribution in [2.24, 2.45) is 5.73 Å². The Morgan fingerprint density at radius 3 is 2.88 bits per heavy atom. The first-order chi connectivity index (χ1) is 7.52. The number of primary amides is 1. The van der Waals surface area contributed by atoms with Crippen LogP contribution in [0.25, 0.3) is 0 Å². The van der Waals surface area contributed by atoms with Gasteiger partial charge in [-0.25, -0.2) is 4.98 Å². The van der Waals surface area contributed by atoms with E-state index >= 15 is 0 Å². The van der Waals surface area contributed by atoms with Crippen molar-refractivity contribution in [3.63, 3.8) is 0 Å². The molecule has 1 aromatic rings. The molecule has 0 spiro atoms. The molecule has 16 heavy (non-hydrogen) atoms. The van der Waals surface area contributed by atoms with Crippen LogP contribution in [0.3, 0.4) is 0 Å². The standard InChI is InChI=1S/C9H10FN3O3/c10-7-5(2-1-3-12-7)9(16)13-4-6(14)8(11)15/h1-3,6,14H,4H2,(H2,11,15)(H,13,16). The molecule has 0 saturated carbocycles. The minimum absolute atomic E-state index is 0.265. The highest BCUT2D eigenvalue weighted by Gasteiger charge is 2.15. The summed E-state index contributed by atoms with van der Waals surface area (Å²) in [6, 6.07) is 2.62. The lowest BCUT2D eigenvalue weighted by Gasteiger charge is -2.08. The number of aliphatic hydroxyl groups excluding tert-OH is 1. The third kappa shape index (κ3) is 2.99. The maximum absolute atomic E-state index is 13.0. The quantitative estimate of drug-likeness (QED) is 0.561. The average molecular weight is 227 g/mol. The van der Waals surface area contributed by atoms with Crippen LogP contribution in [0.2, 0.25) is 0 Å². The molecule has 2 amide bonds. The van der Waals surface area contributed by atoms with E-state index in [1.165, 1.54) is 18.3 Å². The monoisotopic (exact) mass is 227 g/mol. The van der Waals surface area contributed by atoms with Crippen LogP contribution in [0.5, 0.6) is 0 Å². The molecule has 1 rings (SSSR count). The zero-order valence-electron chi connectivity index (χ0n) is 8.18. The summed E-state index contributed by atoms with van der Waals surface area (Å²) in [6.45, 7) is -0.373. The molecule has 0 saturated heterocycles. The fraction of sp³-hybridized carbons (Fsp3) is 0.222. The van der Waals surface area contributed by atoms with E-state index in [-0.39, 0.29) is 12.1 Å². The summed E-state index contributed by atoms with van der Waals surface area (Å²) in [7, 11) is 0. The second-order valence-corrected chi connectivity index (χ2v) is 2.97. The number of pyridine rings is 1. The van der Waals surface area contributed by atoms with E-state index in [1.807, 2.05) is 0 Å². The number of nitrogens with two attached hydrogens (primary N) is 1. The van der Waals surface area contributed by atoms with Gasteiger partial charge in [0.15, 0.2) is 0 Å². The zero-order chi connectivity index (χ0) is 12.1. The van der Waals surface area contributed by atoms with Gasteiger partial charge in [-0.1, -0.05) is 0 Å². The van der Waals surface area contributed by atoms with Crippen LogP contribution in [0.15, 0.2) is 18.3 Å². The minimum atomic E-state index is -1.50. The highest BCUT2D eigenvalue weighted by atomic mass is 19.1. The van der Waals surface area contributed by atoms with Crippen molar-refractivity contribution < 1.29 is 19.1 Å². The molecule has 0 radical (unpaired) electrons. The number of hydrogen-bond donors (Lipinski definition) is 3. The molecular formula is C9H10FN3O3. The molecule has 0 fully saturated rings. The van der Waals surface area contributed by atoms with Crippen LogP contribution in [-0.4, -0.2) is 34.6 Å². The molecule has 1 heterocycles. The third-order valence-electron chi connectivity index (χ3n) is 1.79. The predicted octanol–water partition coefficient (Wildman–Crippen LogP) is -1.20. The fourth-order valence-corrected chi connectivity index (χ4v) is 0.941. The lowest BCUT2D eigenvalue weighted by Crippen LogP contribution is -2.40. The Morgan fingerprint density at radius 1 is 1.62 bits per heavy atom. The summed E-state index contributed by atoms with van der Waals surface area (Å²) in [5.74, 6) is -2.66. The molecule has 0 aliphatic carbocycles. The minimum Gasteiger partial charge on any atom is -0.381 e. The molecule has 0 aliphatic heterocycles. The van der Waals surface area contributed by atoms with E-state index in [1.54, 1.807) is 0 Å². The summed E-state index contributed by atoms with van der Waals surface area (Å²) in [6.07, 6.45) is -0.298. The van der Waals surface area contributed by atoms with E-state index in [2.05, 4.69) is 10.3 Å². The second-order valence-electron chi connectivity index (χ2n) is 2.97. The van der Waals surface area contributed by atoms with Gasteiger partial charge in [-0.05, 0) is 12.1 Å². The van der Waals surface area contributed by atoms with Gasteiger partial charge in [-0.15, -0.1) is 0 Å². The number of nitrogens with zero attached hydrogens (tertiary/aromatic N) is 1. The molecule has 7 heteroatoms.